The van der Waals surface area contributed by atoms with Crippen molar-refractivity contribution >= 4 is 53.7 Å². The summed E-state index contributed by atoms with van der Waals surface area (Å²) in [6, 6.07) is 4.91. The number of carbonyl (C=O) groups excluding carboxylic acids is 1. The Morgan fingerprint density at radius 3 is 2.65 bits per heavy atom. The van der Waals surface area contributed by atoms with Gasteiger partial charge in [-0.15, -0.1) is 11.3 Å². The Labute approximate surface area is 165 Å². The van der Waals surface area contributed by atoms with Gasteiger partial charge in [0, 0.05) is 27.9 Å². The van der Waals surface area contributed by atoms with Crippen molar-refractivity contribution in [2.24, 2.45) is 5.92 Å². The van der Waals surface area contributed by atoms with Crippen LogP contribution in [0.2, 0.25) is 0 Å². The van der Waals surface area contributed by atoms with Gasteiger partial charge in [-0.25, -0.2) is 13.4 Å². The van der Waals surface area contributed by atoms with Crippen molar-refractivity contribution < 1.29 is 13.2 Å². The number of halogens is 1. The minimum Gasteiger partial charge on any atom is -0.298 e. The number of sulfone groups is 1. The minimum atomic E-state index is -3.33. The molecule has 1 aliphatic rings. The lowest BCUT2D eigenvalue weighted by molar-refractivity contribution is -0.111. The first-order valence-electron chi connectivity index (χ1n) is 8.27. The first-order valence-corrected chi connectivity index (χ1v) is 11.8. The van der Waals surface area contributed by atoms with Gasteiger partial charge in [0.25, 0.3) is 5.91 Å². The molecule has 138 valence electrons. The molecule has 2 aromatic rings. The number of benzene rings is 1. The number of amides is 1. The Kier molecular flexibility index (Phi) is 5.94. The van der Waals surface area contributed by atoms with Crippen molar-refractivity contribution in [1.29, 1.82) is 0 Å². The molecular formula is C18H19BrN2O3S2. The second-order valence-corrected chi connectivity index (χ2v) is 10.1. The number of hydrogen-bond donors (Lipinski definition) is 1. The summed E-state index contributed by atoms with van der Waals surface area (Å²) in [6.45, 7) is 0. The summed E-state index contributed by atoms with van der Waals surface area (Å²) in [6.07, 6.45) is 9.28. The largest absolute Gasteiger partial charge is 0.298 e. The van der Waals surface area contributed by atoms with E-state index in [1.165, 1.54) is 30.2 Å². The van der Waals surface area contributed by atoms with Gasteiger partial charge in [-0.1, -0.05) is 25.0 Å². The van der Waals surface area contributed by atoms with Crippen LogP contribution in [0.25, 0.3) is 5.57 Å². The molecule has 0 atom stereocenters. The molecule has 1 amide bonds. The van der Waals surface area contributed by atoms with Crippen LogP contribution < -0.4 is 5.32 Å². The fourth-order valence-electron chi connectivity index (χ4n) is 3.08. The lowest BCUT2D eigenvalue weighted by atomic mass is 9.98. The average Bonchev–Trinajstić information content (AvgIpc) is 3.24. The molecule has 1 aromatic carbocycles. The van der Waals surface area contributed by atoms with E-state index >= 15 is 0 Å². The molecule has 0 saturated heterocycles. The van der Waals surface area contributed by atoms with Gasteiger partial charge in [-0.05, 0) is 52.4 Å². The molecule has 0 aliphatic heterocycles. The lowest BCUT2D eigenvalue weighted by Gasteiger charge is -2.12. The molecule has 0 spiro atoms. The highest BCUT2D eigenvalue weighted by Gasteiger charge is 2.21. The molecule has 1 fully saturated rings. The number of anilines is 1. The van der Waals surface area contributed by atoms with Crippen molar-refractivity contribution in [3.63, 3.8) is 0 Å². The van der Waals surface area contributed by atoms with E-state index in [-0.39, 0.29) is 10.8 Å². The third-order valence-electron chi connectivity index (χ3n) is 4.34. The lowest BCUT2D eigenvalue weighted by Crippen LogP contribution is -2.14. The van der Waals surface area contributed by atoms with E-state index in [1.807, 2.05) is 6.08 Å². The van der Waals surface area contributed by atoms with Crippen molar-refractivity contribution in [3.05, 3.63) is 45.9 Å². The number of carbonyl (C=O) groups is 1. The maximum atomic E-state index is 12.8. The highest BCUT2D eigenvalue weighted by molar-refractivity contribution is 9.10. The van der Waals surface area contributed by atoms with Crippen LogP contribution in [0.4, 0.5) is 5.13 Å². The molecule has 1 heterocycles. The van der Waals surface area contributed by atoms with E-state index in [9.17, 15) is 13.2 Å². The fourth-order valence-corrected chi connectivity index (χ4v) is 5.59. The number of thiazole rings is 1. The Morgan fingerprint density at radius 2 is 2.08 bits per heavy atom. The van der Waals surface area contributed by atoms with E-state index in [2.05, 4.69) is 26.2 Å². The fraction of sp³-hybridized carbons (Fsp3) is 0.333. The maximum Gasteiger partial charge on any atom is 0.257 e. The summed E-state index contributed by atoms with van der Waals surface area (Å²) in [5.74, 6) is 0.131. The standard InChI is InChI=1S/C18H19BrN2O3S2/c1-26(23,24)16-7-6-13(11-15(16)19)14(10-12-4-2-3-5-12)17(22)21-18-20-8-9-25-18/h6-12H,2-5H2,1H3,(H,20,21,22). The van der Waals surface area contributed by atoms with Gasteiger partial charge in [0.1, 0.15) is 0 Å². The summed E-state index contributed by atoms with van der Waals surface area (Å²) >= 11 is 4.68. The molecule has 0 radical (unpaired) electrons. The predicted octanol–water partition coefficient (Wildman–Crippen LogP) is 4.52. The van der Waals surface area contributed by atoms with Crippen LogP contribution in [-0.4, -0.2) is 25.6 Å². The average molecular weight is 455 g/mol. The SMILES string of the molecule is CS(=O)(=O)c1ccc(C(=CC2CCCC2)C(=O)Nc2nccs2)cc1Br. The summed E-state index contributed by atoms with van der Waals surface area (Å²) in [4.78, 5) is 17.2. The zero-order valence-corrected chi connectivity index (χ0v) is 17.5. The van der Waals surface area contributed by atoms with Crippen LogP contribution in [0.3, 0.4) is 0 Å². The quantitative estimate of drug-likeness (QED) is 0.673. The van der Waals surface area contributed by atoms with Crippen molar-refractivity contribution in [2.75, 3.05) is 11.6 Å². The van der Waals surface area contributed by atoms with E-state index in [4.69, 9.17) is 0 Å². The van der Waals surface area contributed by atoms with Gasteiger partial charge in [0.2, 0.25) is 0 Å². The second-order valence-electron chi connectivity index (χ2n) is 6.33. The number of hydrogen-bond acceptors (Lipinski definition) is 5. The Morgan fingerprint density at radius 1 is 1.35 bits per heavy atom. The van der Waals surface area contributed by atoms with Gasteiger partial charge in [0.05, 0.1) is 4.90 Å². The first kappa shape index (κ1) is 19.3. The highest BCUT2D eigenvalue weighted by Crippen LogP contribution is 2.32. The summed E-state index contributed by atoms with van der Waals surface area (Å²) in [7, 11) is -3.33. The number of nitrogens with one attached hydrogen (secondary N) is 1. The number of allylic oxidation sites excluding steroid dienone is 1. The van der Waals surface area contributed by atoms with Crippen LogP contribution in [0, 0.1) is 5.92 Å². The molecule has 3 rings (SSSR count). The van der Waals surface area contributed by atoms with Crippen molar-refractivity contribution in [1.82, 2.24) is 4.98 Å². The maximum absolute atomic E-state index is 12.8. The van der Waals surface area contributed by atoms with Crippen LogP contribution in [0.15, 0.2) is 45.2 Å². The van der Waals surface area contributed by atoms with E-state index < -0.39 is 9.84 Å². The number of aromatic nitrogens is 1. The molecule has 5 nitrogen and oxygen atoms in total. The van der Waals surface area contributed by atoms with Crippen LogP contribution >= 0.6 is 27.3 Å². The van der Waals surface area contributed by atoms with E-state index in [0.29, 0.717) is 26.7 Å². The summed E-state index contributed by atoms with van der Waals surface area (Å²) in [5.41, 5.74) is 1.23. The van der Waals surface area contributed by atoms with Crippen LogP contribution in [-0.2, 0) is 14.6 Å². The zero-order valence-electron chi connectivity index (χ0n) is 14.2. The van der Waals surface area contributed by atoms with Gasteiger partial charge in [-0.3, -0.25) is 10.1 Å². The number of nitrogens with zero attached hydrogens (tertiary/aromatic N) is 1. The molecular weight excluding hydrogens is 436 g/mol. The third-order valence-corrected chi connectivity index (χ3v) is 7.10. The molecule has 1 N–H and O–H groups in total. The smallest absolute Gasteiger partial charge is 0.257 e. The van der Waals surface area contributed by atoms with Crippen molar-refractivity contribution in [3.8, 4) is 0 Å². The molecule has 0 unspecified atom stereocenters. The van der Waals surface area contributed by atoms with Gasteiger partial charge in [0.15, 0.2) is 15.0 Å². The topological polar surface area (TPSA) is 76.1 Å². The van der Waals surface area contributed by atoms with Gasteiger partial charge >= 0.3 is 0 Å². The first-order chi connectivity index (χ1) is 12.3. The Hall–Kier alpha value is -1.51. The van der Waals surface area contributed by atoms with Crippen LogP contribution in [0.1, 0.15) is 31.2 Å². The Balaban J connectivity index is 1.97. The third kappa shape index (κ3) is 4.61. The second kappa shape index (κ2) is 8.02. The monoisotopic (exact) mass is 454 g/mol. The van der Waals surface area contributed by atoms with E-state index in [0.717, 1.165) is 19.1 Å². The van der Waals surface area contributed by atoms with Crippen LogP contribution in [0.5, 0.6) is 0 Å². The molecule has 1 aliphatic carbocycles. The summed E-state index contributed by atoms with van der Waals surface area (Å²) in [5, 5.41) is 5.17. The normalized spacial score (nSPS) is 16.0. The highest BCUT2D eigenvalue weighted by atomic mass is 79.9. The minimum absolute atomic E-state index is 0.210. The summed E-state index contributed by atoms with van der Waals surface area (Å²) < 4.78 is 24.1. The molecule has 0 bridgehead atoms. The van der Waals surface area contributed by atoms with Crippen molar-refractivity contribution in [2.45, 2.75) is 30.6 Å². The molecule has 1 saturated carbocycles. The van der Waals surface area contributed by atoms with E-state index in [1.54, 1.807) is 23.7 Å². The molecule has 1 aromatic heterocycles. The molecule has 8 heteroatoms. The van der Waals surface area contributed by atoms with Gasteiger partial charge < -0.3 is 0 Å². The number of rotatable bonds is 5. The van der Waals surface area contributed by atoms with Gasteiger partial charge in [-0.2, -0.15) is 0 Å². The Bertz CT molecular complexity index is 931. The zero-order chi connectivity index (χ0) is 18.7. The molecule has 26 heavy (non-hydrogen) atoms. The predicted molar refractivity (Wildman–Crippen MR) is 108 cm³/mol.